The molecule has 1 heterocycles. The van der Waals surface area contributed by atoms with E-state index in [1.807, 2.05) is 30.3 Å². The van der Waals surface area contributed by atoms with Crippen LogP contribution in [0, 0.1) is 0 Å². The van der Waals surface area contributed by atoms with Crippen LogP contribution in [0.2, 0.25) is 0 Å². The molecule has 3 heteroatoms. The molecular weight excluding hydrogens is 200 g/mol. The maximum atomic E-state index is 8.81. The molecule has 1 atom stereocenters. The van der Waals surface area contributed by atoms with Gasteiger partial charge in [0.15, 0.2) is 0 Å². The number of rotatable bonds is 4. The van der Waals surface area contributed by atoms with Crippen LogP contribution in [0.5, 0.6) is 0 Å². The van der Waals surface area contributed by atoms with E-state index in [1.165, 1.54) is 0 Å². The Morgan fingerprint density at radius 2 is 2.06 bits per heavy atom. The largest absolute Gasteiger partial charge is 0.396 e. The molecule has 0 aliphatic heterocycles. The van der Waals surface area contributed by atoms with E-state index in [4.69, 9.17) is 10.8 Å². The zero-order valence-corrected chi connectivity index (χ0v) is 9.13. The number of hydrogen-bond donors (Lipinski definition) is 2. The molecule has 2 aromatic rings. The lowest BCUT2D eigenvalue weighted by Gasteiger charge is -2.13. The summed E-state index contributed by atoms with van der Waals surface area (Å²) in [5.74, 6) is 0. The number of para-hydroxylation sites is 1. The Hall–Kier alpha value is -1.45. The van der Waals surface area contributed by atoms with Crippen molar-refractivity contribution in [1.82, 2.24) is 4.98 Å². The van der Waals surface area contributed by atoms with Crippen LogP contribution in [0.4, 0.5) is 0 Å². The van der Waals surface area contributed by atoms with Gasteiger partial charge in [-0.15, -0.1) is 0 Å². The summed E-state index contributed by atoms with van der Waals surface area (Å²) in [5.41, 5.74) is 8.19. The second kappa shape index (κ2) is 5.05. The van der Waals surface area contributed by atoms with Gasteiger partial charge in [-0.3, -0.25) is 4.98 Å². The maximum Gasteiger partial charge on any atom is 0.0705 e. The number of nitrogens with zero attached hydrogens (tertiary/aromatic N) is 1. The van der Waals surface area contributed by atoms with Crippen molar-refractivity contribution in [3.63, 3.8) is 0 Å². The SMILES string of the molecule is N[C@@H](CCCO)c1ccnc2ccccc12. The molecule has 0 aliphatic carbocycles. The third-order valence-corrected chi connectivity index (χ3v) is 2.76. The highest BCUT2D eigenvalue weighted by molar-refractivity contribution is 5.82. The lowest BCUT2D eigenvalue weighted by Crippen LogP contribution is -2.11. The van der Waals surface area contributed by atoms with Gasteiger partial charge in [-0.1, -0.05) is 18.2 Å². The Balaban J connectivity index is 2.36. The van der Waals surface area contributed by atoms with Gasteiger partial charge in [0.1, 0.15) is 0 Å². The van der Waals surface area contributed by atoms with Crippen LogP contribution >= 0.6 is 0 Å². The van der Waals surface area contributed by atoms with Crippen LogP contribution in [0.15, 0.2) is 36.5 Å². The fourth-order valence-electron chi connectivity index (χ4n) is 1.91. The second-order valence-corrected chi connectivity index (χ2v) is 3.89. The highest BCUT2D eigenvalue weighted by Crippen LogP contribution is 2.23. The molecule has 0 amide bonds. The highest BCUT2D eigenvalue weighted by atomic mass is 16.2. The van der Waals surface area contributed by atoms with Gasteiger partial charge in [0.05, 0.1) is 5.52 Å². The molecule has 0 fully saturated rings. The Kier molecular flexibility index (Phi) is 3.49. The fraction of sp³-hybridized carbons (Fsp3) is 0.308. The quantitative estimate of drug-likeness (QED) is 0.821. The molecule has 0 aliphatic rings. The van der Waals surface area contributed by atoms with E-state index < -0.39 is 0 Å². The molecule has 0 bridgehead atoms. The number of aliphatic hydroxyl groups is 1. The van der Waals surface area contributed by atoms with Crippen LogP contribution in [-0.4, -0.2) is 16.7 Å². The molecule has 3 nitrogen and oxygen atoms in total. The van der Waals surface area contributed by atoms with Gasteiger partial charge in [-0.25, -0.2) is 0 Å². The molecule has 3 N–H and O–H groups in total. The topological polar surface area (TPSA) is 59.1 Å². The Morgan fingerprint density at radius 1 is 1.25 bits per heavy atom. The van der Waals surface area contributed by atoms with Crippen LogP contribution in [0.1, 0.15) is 24.4 Å². The number of benzene rings is 1. The summed E-state index contributed by atoms with van der Waals surface area (Å²) in [5, 5.41) is 9.91. The summed E-state index contributed by atoms with van der Waals surface area (Å²) in [6.07, 6.45) is 3.32. The number of nitrogens with two attached hydrogens (primary N) is 1. The van der Waals surface area contributed by atoms with Gasteiger partial charge in [0.25, 0.3) is 0 Å². The predicted octanol–water partition coefficient (Wildman–Crippen LogP) is 2.01. The van der Waals surface area contributed by atoms with E-state index in [1.54, 1.807) is 6.20 Å². The van der Waals surface area contributed by atoms with Gasteiger partial charge < -0.3 is 10.8 Å². The smallest absolute Gasteiger partial charge is 0.0705 e. The van der Waals surface area contributed by atoms with Crippen molar-refractivity contribution < 1.29 is 5.11 Å². The molecule has 0 saturated carbocycles. The highest BCUT2D eigenvalue weighted by Gasteiger charge is 2.09. The second-order valence-electron chi connectivity index (χ2n) is 3.89. The monoisotopic (exact) mass is 216 g/mol. The average Bonchev–Trinajstić information content (AvgIpc) is 2.35. The van der Waals surface area contributed by atoms with Gasteiger partial charge >= 0.3 is 0 Å². The van der Waals surface area contributed by atoms with Crippen LogP contribution in [0.3, 0.4) is 0 Å². The van der Waals surface area contributed by atoms with Crippen molar-refractivity contribution >= 4 is 10.9 Å². The number of aromatic nitrogens is 1. The molecule has 0 unspecified atom stereocenters. The number of fused-ring (bicyclic) bond motifs is 1. The summed E-state index contributed by atoms with van der Waals surface area (Å²) in [7, 11) is 0. The zero-order valence-electron chi connectivity index (χ0n) is 9.13. The number of hydrogen-bond acceptors (Lipinski definition) is 3. The third-order valence-electron chi connectivity index (χ3n) is 2.76. The van der Waals surface area contributed by atoms with Crippen LogP contribution < -0.4 is 5.73 Å². The molecular formula is C13H16N2O. The van der Waals surface area contributed by atoms with Crippen molar-refractivity contribution in [2.75, 3.05) is 6.61 Å². The molecule has 1 aromatic carbocycles. The summed E-state index contributed by atoms with van der Waals surface area (Å²) in [6, 6.07) is 9.92. The predicted molar refractivity (Wildman–Crippen MR) is 65.0 cm³/mol. The minimum absolute atomic E-state index is 0.0277. The summed E-state index contributed by atoms with van der Waals surface area (Å²) in [6.45, 7) is 0.191. The number of pyridine rings is 1. The minimum atomic E-state index is -0.0277. The van der Waals surface area contributed by atoms with E-state index in [9.17, 15) is 0 Å². The van der Waals surface area contributed by atoms with E-state index in [-0.39, 0.29) is 12.6 Å². The van der Waals surface area contributed by atoms with Gasteiger partial charge in [0.2, 0.25) is 0 Å². The first-order chi connectivity index (χ1) is 7.83. The van der Waals surface area contributed by atoms with Crippen LogP contribution in [0.25, 0.3) is 10.9 Å². The molecule has 0 radical (unpaired) electrons. The molecule has 84 valence electrons. The van der Waals surface area contributed by atoms with Crippen molar-refractivity contribution in [2.24, 2.45) is 5.73 Å². The minimum Gasteiger partial charge on any atom is -0.396 e. The van der Waals surface area contributed by atoms with E-state index in [2.05, 4.69) is 4.98 Å². The summed E-state index contributed by atoms with van der Waals surface area (Å²) >= 11 is 0. The first kappa shape index (κ1) is 11.0. The van der Waals surface area contributed by atoms with Crippen molar-refractivity contribution in [3.8, 4) is 0 Å². The Labute approximate surface area is 94.9 Å². The van der Waals surface area contributed by atoms with Gasteiger partial charge in [-0.05, 0) is 30.5 Å². The molecule has 0 spiro atoms. The van der Waals surface area contributed by atoms with Gasteiger partial charge in [-0.2, -0.15) is 0 Å². The lowest BCUT2D eigenvalue weighted by atomic mass is 9.99. The molecule has 16 heavy (non-hydrogen) atoms. The average molecular weight is 216 g/mol. The summed E-state index contributed by atoms with van der Waals surface area (Å²) < 4.78 is 0. The third kappa shape index (κ3) is 2.21. The van der Waals surface area contributed by atoms with Gasteiger partial charge in [0, 0.05) is 24.2 Å². The molecule has 1 aromatic heterocycles. The Morgan fingerprint density at radius 3 is 2.88 bits per heavy atom. The van der Waals surface area contributed by atoms with E-state index >= 15 is 0 Å². The first-order valence-electron chi connectivity index (χ1n) is 5.53. The molecule has 2 rings (SSSR count). The van der Waals surface area contributed by atoms with Crippen molar-refractivity contribution in [2.45, 2.75) is 18.9 Å². The standard InChI is InChI=1S/C13H16N2O/c14-12(5-3-9-16)10-7-8-15-13-6-2-1-4-11(10)13/h1-2,4,6-8,12,16H,3,5,9,14H2/t12-/m0/s1. The van der Waals surface area contributed by atoms with Crippen molar-refractivity contribution in [3.05, 3.63) is 42.1 Å². The lowest BCUT2D eigenvalue weighted by molar-refractivity contribution is 0.280. The first-order valence-corrected chi connectivity index (χ1v) is 5.53. The fourth-order valence-corrected chi connectivity index (χ4v) is 1.91. The summed E-state index contributed by atoms with van der Waals surface area (Å²) in [4.78, 5) is 4.30. The number of aliphatic hydroxyl groups excluding tert-OH is 1. The van der Waals surface area contributed by atoms with Crippen molar-refractivity contribution in [1.29, 1.82) is 0 Å². The van der Waals surface area contributed by atoms with E-state index in [0.29, 0.717) is 0 Å². The molecule has 0 saturated heterocycles. The zero-order chi connectivity index (χ0) is 11.4. The maximum absolute atomic E-state index is 8.81. The normalized spacial score (nSPS) is 12.9. The van der Waals surface area contributed by atoms with Crippen LogP contribution in [-0.2, 0) is 0 Å². The Bertz CT molecular complexity index is 465. The van der Waals surface area contributed by atoms with E-state index in [0.717, 1.165) is 29.3 Å².